The highest BCUT2D eigenvalue weighted by atomic mass is 35.5. The van der Waals surface area contributed by atoms with Gasteiger partial charge in [0.1, 0.15) is 17.4 Å². The molecule has 5 rings (SSSR count). The molecule has 0 aliphatic carbocycles. The number of nitrogens with zero attached hydrogens (tertiary/aromatic N) is 2. The quantitative estimate of drug-likeness (QED) is 0.185. The molecule has 198 valence electrons. The first-order valence-corrected chi connectivity index (χ1v) is 14.0. The van der Waals surface area contributed by atoms with E-state index in [9.17, 15) is 8.42 Å². The number of anilines is 1. The highest BCUT2D eigenvalue weighted by molar-refractivity contribution is 7.89. The number of hydrogen-bond donors (Lipinski definition) is 3. The lowest BCUT2D eigenvalue weighted by molar-refractivity contribution is 0.415. The van der Waals surface area contributed by atoms with Gasteiger partial charge in [-0.2, -0.15) is 0 Å². The highest BCUT2D eigenvalue weighted by Gasteiger charge is 2.17. The van der Waals surface area contributed by atoms with Gasteiger partial charge in [0.2, 0.25) is 10.0 Å². The molecule has 0 atom stereocenters. The summed E-state index contributed by atoms with van der Waals surface area (Å²) < 4.78 is 33.1. The van der Waals surface area contributed by atoms with Crippen molar-refractivity contribution in [3.8, 4) is 39.7 Å². The third kappa shape index (κ3) is 6.28. The minimum atomic E-state index is -3.67. The van der Waals surface area contributed by atoms with Crippen LogP contribution in [0, 0.1) is 0 Å². The number of imidazole rings is 1. The lowest BCUT2D eigenvalue weighted by atomic mass is 10.1. The van der Waals surface area contributed by atoms with E-state index < -0.39 is 10.0 Å². The highest BCUT2D eigenvalue weighted by Crippen LogP contribution is 2.34. The second-order valence-corrected chi connectivity index (χ2v) is 10.8. The predicted octanol–water partition coefficient (Wildman–Crippen LogP) is 5.86. The molecule has 2 heterocycles. The van der Waals surface area contributed by atoms with Crippen molar-refractivity contribution < 1.29 is 13.2 Å². The molecule has 5 aromatic rings. The molecule has 0 fully saturated rings. The largest absolute Gasteiger partial charge is 0.497 e. The van der Waals surface area contributed by atoms with Crippen molar-refractivity contribution in [2.45, 2.75) is 4.90 Å². The number of sulfonamides is 1. The number of hydrogen-bond acceptors (Lipinski definition) is 6. The Balaban J connectivity index is 1.37. The van der Waals surface area contributed by atoms with Crippen molar-refractivity contribution in [1.82, 2.24) is 19.7 Å². The topological polar surface area (TPSA) is 109 Å². The molecular weight excluding hydrogens is 534 g/mol. The van der Waals surface area contributed by atoms with Gasteiger partial charge in [-0.05, 0) is 42.5 Å². The Hall–Kier alpha value is -4.18. The van der Waals surface area contributed by atoms with Crippen molar-refractivity contribution in [2.24, 2.45) is 0 Å². The van der Waals surface area contributed by atoms with Gasteiger partial charge >= 0.3 is 0 Å². The molecule has 3 N–H and O–H groups in total. The third-order valence-electron chi connectivity index (χ3n) is 5.97. The van der Waals surface area contributed by atoms with Gasteiger partial charge in [-0.15, -0.1) is 0 Å². The van der Waals surface area contributed by atoms with Gasteiger partial charge in [0.25, 0.3) is 0 Å². The summed E-state index contributed by atoms with van der Waals surface area (Å²) >= 11 is 5.93. The van der Waals surface area contributed by atoms with Gasteiger partial charge in [0, 0.05) is 41.0 Å². The summed E-state index contributed by atoms with van der Waals surface area (Å²) in [7, 11) is -2.04. The zero-order valence-electron chi connectivity index (χ0n) is 21.1. The Kier molecular flexibility index (Phi) is 7.92. The van der Waals surface area contributed by atoms with Gasteiger partial charge < -0.3 is 15.0 Å². The van der Waals surface area contributed by atoms with Crippen LogP contribution in [0.5, 0.6) is 5.75 Å². The normalized spacial score (nSPS) is 11.3. The number of aromatic nitrogens is 3. The number of aromatic amines is 1. The number of methoxy groups -OCH3 is 1. The monoisotopic (exact) mass is 559 g/mol. The van der Waals surface area contributed by atoms with Gasteiger partial charge in [0.05, 0.1) is 23.4 Å². The smallest absolute Gasteiger partial charge is 0.240 e. The molecule has 3 aromatic carbocycles. The number of benzene rings is 3. The van der Waals surface area contributed by atoms with Crippen LogP contribution in [0.15, 0.2) is 102 Å². The number of rotatable bonds is 10. The fourth-order valence-corrected chi connectivity index (χ4v) is 5.40. The molecule has 0 spiro atoms. The zero-order chi connectivity index (χ0) is 27.2. The number of nitrogens with one attached hydrogen (secondary N) is 3. The van der Waals surface area contributed by atoms with Crippen molar-refractivity contribution >= 4 is 27.4 Å². The summed E-state index contributed by atoms with van der Waals surface area (Å²) in [6.45, 7) is 0.495. The minimum Gasteiger partial charge on any atom is -0.497 e. The first-order valence-electron chi connectivity index (χ1n) is 12.2. The Morgan fingerprint density at radius 2 is 1.67 bits per heavy atom. The molecular formula is C29H26ClN5O3S. The van der Waals surface area contributed by atoms with Gasteiger partial charge in [-0.25, -0.2) is 23.1 Å². The molecule has 0 unspecified atom stereocenters. The number of pyridine rings is 1. The first-order chi connectivity index (χ1) is 18.9. The maximum absolute atomic E-state index is 12.5. The van der Waals surface area contributed by atoms with Crippen LogP contribution in [0.2, 0.25) is 5.02 Å². The summed E-state index contributed by atoms with van der Waals surface area (Å²) in [6.07, 6.45) is 1.70. The maximum atomic E-state index is 12.5. The summed E-state index contributed by atoms with van der Waals surface area (Å²) in [5.41, 5.74) is 4.35. The molecule has 39 heavy (non-hydrogen) atoms. The fraction of sp³-hybridized carbons (Fsp3) is 0.103. The van der Waals surface area contributed by atoms with Crippen molar-refractivity contribution in [2.75, 3.05) is 25.5 Å². The van der Waals surface area contributed by atoms with E-state index in [0.717, 1.165) is 39.7 Å². The Bertz CT molecular complexity index is 1690. The molecule has 0 saturated heterocycles. The molecule has 0 aliphatic heterocycles. The van der Waals surface area contributed by atoms with Crippen LogP contribution in [0.1, 0.15) is 0 Å². The molecule has 0 saturated carbocycles. The fourth-order valence-electron chi connectivity index (χ4n) is 4.07. The summed E-state index contributed by atoms with van der Waals surface area (Å²) in [5, 5.41) is 3.55. The average molecular weight is 560 g/mol. The SMILES string of the molecule is COc1cccc(-c2nc(-c3ccccc3)[nH]c2-c2ccnc(NCCNS(=O)(=O)c3cccc(Cl)c3)c2)c1. The Morgan fingerprint density at radius 3 is 2.46 bits per heavy atom. The van der Waals surface area contributed by atoms with Crippen LogP contribution >= 0.6 is 11.6 Å². The molecule has 0 bridgehead atoms. The van der Waals surface area contributed by atoms with Crippen LogP contribution in [-0.4, -0.2) is 43.6 Å². The van der Waals surface area contributed by atoms with Crippen LogP contribution < -0.4 is 14.8 Å². The minimum absolute atomic E-state index is 0.119. The van der Waals surface area contributed by atoms with Gasteiger partial charge in [-0.1, -0.05) is 60.1 Å². The summed E-state index contributed by atoms with van der Waals surface area (Å²) in [5.74, 6) is 2.08. The van der Waals surface area contributed by atoms with Crippen molar-refractivity contribution in [1.29, 1.82) is 0 Å². The molecule has 8 nitrogen and oxygen atoms in total. The number of halogens is 1. The second kappa shape index (κ2) is 11.7. The van der Waals surface area contributed by atoms with Crippen LogP contribution in [-0.2, 0) is 10.0 Å². The van der Waals surface area contributed by atoms with E-state index >= 15 is 0 Å². The summed E-state index contributed by atoms with van der Waals surface area (Å²) in [4.78, 5) is 12.9. The van der Waals surface area contributed by atoms with Gasteiger partial charge in [-0.3, -0.25) is 0 Å². The summed E-state index contributed by atoms with van der Waals surface area (Å²) in [6, 6.07) is 27.6. The predicted molar refractivity (Wildman–Crippen MR) is 154 cm³/mol. The molecule has 0 radical (unpaired) electrons. The van der Waals surface area contributed by atoms with E-state index in [-0.39, 0.29) is 11.4 Å². The zero-order valence-corrected chi connectivity index (χ0v) is 22.6. The first kappa shape index (κ1) is 26.4. The average Bonchev–Trinajstić information content (AvgIpc) is 3.42. The lowest BCUT2D eigenvalue weighted by Gasteiger charge is -2.10. The Labute approximate surface area is 232 Å². The number of H-pyrrole nitrogens is 1. The molecule has 2 aromatic heterocycles. The van der Waals surface area contributed by atoms with Crippen LogP contribution in [0.3, 0.4) is 0 Å². The van der Waals surface area contributed by atoms with E-state index in [4.69, 9.17) is 21.3 Å². The number of ether oxygens (including phenoxy) is 1. The third-order valence-corrected chi connectivity index (χ3v) is 7.67. The standard InChI is InChI=1S/C29H26ClN5O3S/c1-38-24-11-5-9-21(17-24)27-28(35-29(34-27)20-7-3-2-4-8-20)22-13-14-31-26(18-22)32-15-16-33-39(36,37)25-12-6-10-23(30)19-25/h2-14,17-19,33H,15-16H2,1H3,(H,31,32)(H,34,35). The molecule has 10 heteroatoms. The lowest BCUT2D eigenvalue weighted by Crippen LogP contribution is -2.29. The van der Waals surface area contributed by atoms with E-state index in [1.54, 1.807) is 25.4 Å². The molecule has 0 aliphatic rings. The van der Waals surface area contributed by atoms with Crippen molar-refractivity contribution in [3.05, 3.63) is 102 Å². The van der Waals surface area contributed by atoms with E-state index in [1.165, 1.54) is 12.1 Å². The van der Waals surface area contributed by atoms with E-state index in [2.05, 4.69) is 20.0 Å². The maximum Gasteiger partial charge on any atom is 0.240 e. The Morgan fingerprint density at radius 1 is 0.872 bits per heavy atom. The van der Waals surface area contributed by atoms with Crippen molar-refractivity contribution in [3.63, 3.8) is 0 Å². The molecule has 0 amide bonds. The van der Waals surface area contributed by atoms with Crippen LogP contribution in [0.25, 0.3) is 33.9 Å². The van der Waals surface area contributed by atoms with Gasteiger partial charge in [0.15, 0.2) is 0 Å². The van der Waals surface area contributed by atoms with E-state index in [0.29, 0.717) is 17.4 Å². The van der Waals surface area contributed by atoms with Crippen LogP contribution in [0.4, 0.5) is 5.82 Å². The van der Waals surface area contributed by atoms with E-state index in [1.807, 2.05) is 66.7 Å². The second-order valence-electron chi connectivity index (χ2n) is 8.62.